The van der Waals surface area contributed by atoms with Gasteiger partial charge >= 0.3 is 0 Å². The summed E-state index contributed by atoms with van der Waals surface area (Å²) in [6.45, 7) is 0.949. The van der Waals surface area contributed by atoms with E-state index in [0.29, 0.717) is 6.04 Å². The summed E-state index contributed by atoms with van der Waals surface area (Å²) in [5, 5.41) is 3.68. The van der Waals surface area contributed by atoms with Crippen molar-refractivity contribution in [2.45, 2.75) is 31.8 Å². The zero-order valence-corrected chi connectivity index (χ0v) is 11.9. The summed E-state index contributed by atoms with van der Waals surface area (Å²) in [6, 6.07) is 17.6. The van der Waals surface area contributed by atoms with Crippen LogP contribution in [0, 0.1) is 0 Å². The minimum absolute atomic E-state index is 0.565. The molecule has 0 saturated carbocycles. The van der Waals surface area contributed by atoms with Gasteiger partial charge in [-0.25, -0.2) is 0 Å². The topological polar surface area (TPSA) is 21.3 Å². The maximum absolute atomic E-state index is 5.32. The highest BCUT2D eigenvalue weighted by Crippen LogP contribution is 2.25. The molecule has 0 aromatic heterocycles. The fourth-order valence-electron chi connectivity index (χ4n) is 2.89. The number of methoxy groups -OCH3 is 1. The third kappa shape index (κ3) is 3.02. The van der Waals surface area contributed by atoms with Gasteiger partial charge in [0.15, 0.2) is 0 Å². The van der Waals surface area contributed by atoms with Gasteiger partial charge in [0.05, 0.1) is 7.11 Å². The highest BCUT2D eigenvalue weighted by atomic mass is 16.5. The van der Waals surface area contributed by atoms with Gasteiger partial charge in [0, 0.05) is 12.6 Å². The van der Waals surface area contributed by atoms with E-state index in [4.69, 9.17) is 4.74 Å². The maximum atomic E-state index is 5.32. The molecular formula is C18H21NO. The molecule has 2 heteroatoms. The fourth-order valence-corrected chi connectivity index (χ4v) is 2.89. The Morgan fingerprint density at radius 1 is 1.10 bits per heavy atom. The van der Waals surface area contributed by atoms with Gasteiger partial charge in [0.1, 0.15) is 5.75 Å². The van der Waals surface area contributed by atoms with E-state index in [9.17, 15) is 0 Å². The first-order chi connectivity index (χ1) is 9.85. The summed E-state index contributed by atoms with van der Waals surface area (Å²) in [7, 11) is 1.73. The van der Waals surface area contributed by atoms with Gasteiger partial charge in [-0.2, -0.15) is 0 Å². The third-order valence-electron chi connectivity index (χ3n) is 4.08. The van der Waals surface area contributed by atoms with Crippen molar-refractivity contribution in [3.05, 3.63) is 65.2 Å². The molecule has 0 spiro atoms. The molecule has 0 aliphatic heterocycles. The molecule has 2 aromatic carbocycles. The molecule has 3 rings (SSSR count). The summed E-state index contributed by atoms with van der Waals surface area (Å²) in [5.41, 5.74) is 4.26. The Hall–Kier alpha value is -1.80. The fraction of sp³-hybridized carbons (Fsp3) is 0.333. The highest BCUT2D eigenvalue weighted by Gasteiger charge is 2.18. The first-order valence-corrected chi connectivity index (χ1v) is 7.28. The minimum Gasteiger partial charge on any atom is -0.497 e. The molecular weight excluding hydrogens is 246 g/mol. The first kappa shape index (κ1) is 13.2. The summed E-state index contributed by atoms with van der Waals surface area (Å²) >= 11 is 0. The van der Waals surface area contributed by atoms with Crippen LogP contribution in [0.1, 0.15) is 23.1 Å². The van der Waals surface area contributed by atoms with Crippen molar-refractivity contribution in [1.29, 1.82) is 0 Å². The van der Waals surface area contributed by atoms with Crippen LogP contribution in [-0.2, 0) is 19.4 Å². The molecule has 0 radical (unpaired) electrons. The van der Waals surface area contributed by atoms with Crippen molar-refractivity contribution < 1.29 is 4.74 Å². The van der Waals surface area contributed by atoms with Gasteiger partial charge in [-0.15, -0.1) is 0 Å². The lowest BCUT2D eigenvalue weighted by molar-refractivity contribution is 0.411. The lowest BCUT2D eigenvalue weighted by Gasteiger charge is -2.26. The van der Waals surface area contributed by atoms with Crippen molar-refractivity contribution >= 4 is 0 Å². The Bertz CT molecular complexity index is 565. The van der Waals surface area contributed by atoms with E-state index >= 15 is 0 Å². The van der Waals surface area contributed by atoms with E-state index in [1.807, 2.05) is 0 Å². The number of benzene rings is 2. The van der Waals surface area contributed by atoms with Crippen molar-refractivity contribution in [1.82, 2.24) is 5.32 Å². The molecule has 0 unspecified atom stereocenters. The third-order valence-corrected chi connectivity index (χ3v) is 4.08. The van der Waals surface area contributed by atoms with Crippen LogP contribution in [0.4, 0.5) is 0 Å². The van der Waals surface area contributed by atoms with Crippen LogP contribution in [0.5, 0.6) is 5.75 Å². The van der Waals surface area contributed by atoms with Crippen LogP contribution >= 0.6 is 0 Å². The molecule has 20 heavy (non-hydrogen) atoms. The molecule has 1 aliphatic rings. The van der Waals surface area contributed by atoms with Gasteiger partial charge in [-0.1, -0.05) is 36.4 Å². The standard InChI is InChI=1S/C18H21NO/c1-20-18-10-8-15-7-9-17(11-16(15)12-18)19-13-14-5-3-2-4-6-14/h2-6,8,10,12,17,19H,7,9,11,13H2,1H3/t17-/m1/s1. The van der Waals surface area contributed by atoms with Crippen LogP contribution in [0.2, 0.25) is 0 Å². The lowest BCUT2D eigenvalue weighted by atomic mass is 9.88. The Balaban J connectivity index is 1.63. The Morgan fingerprint density at radius 3 is 2.75 bits per heavy atom. The first-order valence-electron chi connectivity index (χ1n) is 7.28. The highest BCUT2D eigenvalue weighted by molar-refractivity contribution is 5.37. The summed E-state index contributed by atoms with van der Waals surface area (Å²) in [6.07, 6.45) is 3.47. The predicted molar refractivity (Wildman–Crippen MR) is 82.1 cm³/mol. The Morgan fingerprint density at radius 2 is 1.95 bits per heavy atom. The number of fused-ring (bicyclic) bond motifs is 1. The Labute approximate surface area is 120 Å². The van der Waals surface area contributed by atoms with Crippen LogP contribution in [0.15, 0.2) is 48.5 Å². The normalized spacial score (nSPS) is 17.6. The van der Waals surface area contributed by atoms with Crippen molar-refractivity contribution in [3.8, 4) is 5.75 Å². The van der Waals surface area contributed by atoms with E-state index < -0.39 is 0 Å². The van der Waals surface area contributed by atoms with Crippen molar-refractivity contribution in [2.75, 3.05) is 7.11 Å². The molecule has 2 nitrogen and oxygen atoms in total. The zero-order valence-electron chi connectivity index (χ0n) is 11.9. The molecule has 0 amide bonds. The number of aryl methyl sites for hydroxylation is 1. The summed E-state index contributed by atoms with van der Waals surface area (Å²) in [4.78, 5) is 0. The quantitative estimate of drug-likeness (QED) is 0.917. The molecule has 2 aromatic rings. The smallest absolute Gasteiger partial charge is 0.119 e. The number of nitrogens with one attached hydrogen (secondary N) is 1. The minimum atomic E-state index is 0.565. The van der Waals surface area contributed by atoms with E-state index in [1.165, 1.54) is 23.1 Å². The molecule has 0 heterocycles. The average molecular weight is 267 g/mol. The maximum Gasteiger partial charge on any atom is 0.119 e. The number of ether oxygens (including phenoxy) is 1. The second-order valence-electron chi connectivity index (χ2n) is 5.44. The summed E-state index contributed by atoms with van der Waals surface area (Å²) < 4.78 is 5.32. The molecule has 0 saturated heterocycles. The second kappa shape index (κ2) is 6.10. The predicted octanol–water partition coefficient (Wildman–Crippen LogP) is 3.34. The molecule has 1 aliphatic carbocycles. The SMILES string of the molecule is COc1ccc2c(c1)C[C@H](NCc1ccccc1)CC2. The largest absolute Gasteiger partial charge is 0.497 e. The number of hydrogen-bond donors (Lipinski definition) is 1. The van der Waals surface area contributed by atoms with Gasteiger partial charge in [0.2, 0.25) is 0 Å². The average Bonchev–Trinajstić information content (AvgIpc) is 2.53. The molecule has 104 valence electrons. The lowest BCUT2D eigenvalue weighted by Crippen LogP contribution is -2.34. The number of rotatable bonds is 4. The molecule has 1 atom stereocenters. The monoisotopic (exact) mass is 267 g/mol. The zero-order chi connectivity index (χ0) is 13.8. The van der Waals surface area contributed by atoms with E-state index in [-0.39, 0.29) is 0 Å². The van der Waals surface area contributed by atoms with E-state index in [1.54, 1.807) is 7.11 Å². The van der Waals surface area contributed by atoms with Gasteiger partial charge < -0.3 is 10.1 Å². The molecule has 1 N–H and O–H groups in total. The van der Waals surface area contributed by atoms with Gasteiger partial charge in [-0.3, -0.25) is 0 Å². The van der Waals surface area contributed by atoms with E-state index in [2.05, 4.69) is 53.8 Å². The van der Waals surface area contributed by atoms with Crippen LogP contribution in [0.25, 0.3) is 0 Å². The van der Waals surface area contributed by atoms with Crippen molar-refractivity contribution in [2.24, 2.45) is 0 Å². The second-order valence-corrected chi connectivity index (χ2v) is 5.44. The Kier molecular flexibility index (Phi) is 4.03. The van der Waals surface area contributed by atoms with Gasteiger partial charge in [-0.05, 0) is 48.1 Å². The van der Waals surface area contributed by atoms with Crippen LogP contribution < -0.4 is 10.1 Å². The van der Waals surface area contributed by atoms with Crippen molar-refractivity contribution in [3.63, 3.8) is 0 Å². The summed E-state index contributed by atoms with van der Waals surface area (Å²) in [5.74, 6) is 0.965. The van der Waals surface area contributed by atoms with Gasteiger partial charge in [0.25, 0.3) is 0 Å². The van der Waals surface area contributed by atoms with Crippen LogP contribution in [0.3, 0.4) is 0 Å². The molecule has 0 bridgehead atoms. The number of hydrogen-bond acceptors (Lipinski definition) is 2. The molecule has 0 fully saturated rings. The van der Waals surface area contributed by atoms with Crippen LogP contribution in [-0.4, -0.2) is 13.2 Å². The van der Waals surface area contributed by atoms with E-state index in [0.717, 1.165) is 25.1 Å².